The zero-order valence-electron chi connectivity index (χ0n) is 23.7. The van der Waals surface area contributed by atoms with Crippen LogP contribution in [0.15, 0.2) is 95.8 Å². The van der Waals surface area contributed by atoms with E-state index < -0.39 is 5.92 Å². The molecular formula is C34H29F2N5O3. The standard InChI is InChI=1S/C34H29F2N5O3/c35-34(36)11-15-41(16-12-34)33(43)25-5-3-23(4-6-25)26-17-27-18-28(44-32(27)29(19-26)24-9-13-38-14-10-24)21-40-31(42)8-2-22-1-7-30(37)39-20-22/h1-10,13-14,17-20H,11-12,15-16,21H2,(H2,37,39)(H,40,42)/b8-2+. The molecule has 5 aromatic rings. The number of fused-ring (bicyclic) bond motifs is 1. The Kier molecular flexibility index (Phi) is 7.89. The minimum Gasteiger partial charge on any atom is -0.459 e. The van der Waals surface area contributed by atoms with Gasteiger partial charge in [0.05, 0.1) is 6.54 Å². The molecule has 6 rings (SSSR count). The van der Waals surface area contributed by atoms with Gasteiger partial charge in [-0.25, -0.2) is 13.8 Å². The number of nitrogens with one attached hydrogen (secondary N) is 1. The molecule has 0 unspecified atom stereocenters. The average Bonchev–Trinajstić information content (AvgIpc) is 3.46. The number of benzene rings is 2. The van der Waals surface area contributed by atoms with Crippen LogP contribution in [0, 0.1) is 0 Å². The summed E-state index contributed by atoms with van der Waals surface area (Å²) in [4.78, 5) is 35.0. The highest BCUT2D eigenvalue weighted by molar-refractivity contribution is 5.98. The van der Waals surface area contributed by atoms with Crippen LogP contribution in [-0.4, -0.2) is 45.7 Å². The highest BCUT2D eigenvalue weighted by Crippen LogP contribution is 2.36. The molecule has 0 radical (unpaired) electrons. The summed E-state index contributed by atoms with van der Waals surface area (Å²) >= 11 is 0. The fourth-order valence-electron chi connectivity index (χ4n) is 5.15. The SMILES string of the molecule is Nc1ccc(/C=C/C(=O)NCc2cc3cc(-c4ccc(C(=O)N5CCC(F)(F)CC5)cc4)cc(-c4ccncc4)c3o2)cn1. The number of aromatic nitrogens is 2. The number of nitrogen functional groups attached to an aromatic ring is 1. The van der Waals surface area contributed by atoms with E-state index in [1.165, 1.54) is 11.0 Å². The van der Waals surface area contributed by atoms with Crippen molar-refractivity contribution in [2.75, 3.05) is 18.8 Å². The van der Waals surface area contributed by atoms with Crippen LogP contribution in [-0.2, 0) is 11.3 Å². The summed E-state index contributed by atoms with van der Waals surface area (Å²) < 4.78 is 33.3. The Bertz CT molecular complexity index is 1830. The van der Waals surface area contributed by atoms with Crippen molar-refractivity contribution in [3.05, 3.63) is 108 Å². The number of nitrogens with zero attached hydrogens (tertiary/aromatic N) is 3. The first-order valence-electron chi connectivity index (χ1n) is 14.2. The molecule has 44 heavy (non-hydrogen) atoms. The molecule has 0 bridgehead atoms. The van der Waals surface area contributed by atoms with Gasteiger partial charge in [-0.3, -0.25) is 14.6 Å². The van der Waals surface area contributed by atoms with Gasteiger partial charge in [0.1, 0.15) is 17.2 Å². The minimum absolute atomic E-state index is 0.0408. The van der Waals surface area contributed by atoms with Gasteiger partial charge in [-0.05, 0) is 82.9 Å². The summed E-state index contributed by atoms with van der Waals surface area (Å²) in [5.41, 5.74) is 11.0. The number of alkyl halides is 2. The van der Waals surface area contributed by atoms with Gasteiger partial charge in [0, 0.05) is 67.1 Å². The van der Waals surface area contributed by atoms with Crippen molar-refractivity contribution >= 4 is 34.7 Å². The second-order valence-corrected chi connectivity index (χ2v) is 10.7. The van der Waals surface area contributed by atoms with E-state index in [1.54, 1.807) is 48.9 Å². The lowest BCUT2D eigenvalue weighted by molar-refractivity contribution is -0.116. The lowest BCUT2D eigenvalue weighted by Gasteiger charge is -2.31. The van der Waals surface area contributed by atoms with Gasteiger partial charge in [0.15, 0.2) is 0 Å². The third-order valence-electron chi connectivity index (χ3n) is 7.58. The number of pyridine rings is 2. The molecule has 1 aliphatic rings. The third kappa shape index (κ3) is 6.49. The number of amides is 2. The number of furan rings is 1. The van der Waals surface area contributed by atoms with E-state index in [0.29, 0.717) is 22.7 Å². The number of halogens is 2. The minimum atomic E-state index is -2.71. The normalized spacial score (nSPS) is 14.6. The molecular weight excluding hydrogens is 564 g/mol. The van der Waals surface area contributed by atoms with Gasteiger partial charge in [-0.2, -0.15) is 0 Å². The van der Waals surface area contributed by atoms with Crippen LogP contribution in [0.3, 0.4) is 0 Å². The molecule has 222 valence electrons. The van der Waals surface area contributed by atoms with Crippen LogP contribution >= 0.6 is 0 Å². The fourth-order valence-corrected chi connectivity index (χ4v) is 5.15. The number of carbonyl (C=O) groups is 2. The van der Waals surface area contributed by atoms with E-state index in [1.807, 2.05) is 42.5 Å². The number of piperidine rings is 1. The number of hydrogen-bond donors (Lipinski definition) is 2. The van der Waals surface area contributed by atoms with Crippen LogP contribution in [0.2, 0.25) is 0 Å². The summed E-state index contributed by atoms with van der Waals surface area (Å²) in [6.07, 6.45) is 7.44. The predicted octanol–water partition coefficient (Wildman–Crippen LogP) is 6.34. The Balaban J connectivity index is 1.23. The number of nitrogens with two attached hydrogens (primary N) is 1. The van der Waals surface area contributed by atoms with Crippen molar-refractivity contribution in [2.45, 2.75) is 25.3 Å². The van der Waals surface area contributed by atoms with Gasteiger partial charge in [-0.15, -0.1) is 0 Å². The second-order valence-electron chi connectivity index (χ2n) is 10.7. The van der Waals surface area contributed by atoms with E-state index in [-0.39, 0.29) is 44.3 Å². The summed E-state index contributed by atoms with van der Waals surface area (Å²) in [6.45, 7) is 0.264. The van der Waals surface area contributed by atoms with Crippen LogP contribution in [0.4, 0.5) is 14.6 Å². The first-order chi connectivity index (χ1) is 21.2. The van der Waals surface area contributed by atoms with E-state index in [2.05, 4.69) is 15.3 Å². The topological polar surface area (TPSA) is 114 Å². The molecule has 1 aliphatic heterocycles. The number of likely N-dealkylation sites (tertiary alicyclic amines) is 1. The Morgan fingerprint density at radius 1 is 0.955 bits per heavy atom. The highest BCUT2D eigenvalue weighted by atomic mass is 19.3. The predicted molar refractivity (Wildman–Crippen MR) is 164 cm³/mol. The monoisotopic (exact) mass is 593 g/mol. The lowest BCUT2D eigenvalue weighted by Crippen LogP contribution is -2.42. The fraction of sp³-hybridized carbons (Fsp3) is 0.176. The maximum absolute atomic E-state index is 13.6. The second kappa shape index (κ2) is 12.1. The maximum atomic E-state index is 13.6. The summed E-state index contributed by atoms with van der Waals surface area (Å²) in [5.74, 6) is -2.26. The number of rotatable bonds is 7. The molecule has 10 heteroatoms. The van der Waals surface area contributed by atoms with Gasteiger partial charge in [0.25, 0.3) is 11.8 Å². The van der Waals surface area contributed by atoms with Crippen LogP contribution in [0.5, 0.6) is 0 Å². The van der Waals surface area contributed by atoms with Crippen LogP contribution < -0.4 is 11.1 Å². The molecule has 0 saturated carbocycles. The van der Waals surface area contributed by atoms with E-state index in [4.69, 9.17) is 10.2 Å². The van der Waals surface area contributed by atoms with Crippen molar-refractivity contribution < 1.29 is 22.8 Å². The van der Waals surface area contributed by atoms with E-state index in [9.17, 15) is 18.4 Å². The largest absolute Gasteiger partial charge is 0.459 e. The molecule has 3 aromatic heterocycles. The Morgan fingerprint density at radius 3 is 2.41 bits per heavy atom. The Morgan fingerprint density at radius 2 is 1.70 bits per heavy atom. The van der Waals surface area contributed by atoms with E-state index >= 15 is 0 Å². The van der Waals surface area contributed by atoms with Crippen LogP contribution in [0.25, 0.3) is 39.3 Å². The van der Waals surface area contributed by atoms with Crippen molar-refractivity contribution in [3.63, 3.8) is 0 Å². The molecule has 2 amide bonds. The molecule has 4 heterocycles. The van der Waals surface area contributed by atoms with Gasteiger partial charge in [-0.1, -0.05) is 12.1 Å². The molecule has 0 atom stereocenters. The molecule has 3 N–H and O–H groups in total. The summed E-state index contributed by atoms with van der Waals surface area (Å²) in [6, 6.07) is 20.3. The van der Waals surface area contributed by atoms with Crippen molar-refractivity contribution in [1.29, 1.82) is 0 Å². The molecule has 0 spiro atoms. The van der Waals surface area contributed by atoms with Gasteiger partial charge in [0.2, 0.25) is 5.91 Å². The highest BCUT2D eigenvalue weighted by Gasteiger charge is 2.35. The summed E-state index contributed by atoms with van der Waals surface area (Å²) in [7, 11) is 0. The van der Waals surface area contributed by atoms with Gasteiger partial charge >= 0.3 is 0 Å². The zero-order chi connectivity index (χ0) is 30.7. The number of hydrogen-bond acceptors (Lipinski definition) is 6. The zero-order valence-corrected chi connectivity index (χ0v) is 23.7. The first-order valence-corrected chi connectivity index (χ1v) is 14.2. The molecule has 8 nitrogen and oxygen atoms in total. The summed E-state index contributed by atoms with van der Waals surface area (Å²) in [5, 5.41) is 3.69. The Hall–Kier alpha value is -5.38. The third-order valence-corrected chi connectivity index (χ3v) is 7.58. The van der Waals surface area contributed by atoms with Crippen molar-refractivity contribution in [2.24, 2.45) is 0 Å². The molecule has 0 aliphatic carbocycles. The smallest absolute Gasteiger partial charge is 0.253 e. The number of anilines is 1. The van der Waals surface area contributed by atoms with Crippen LogP contribution in [0.1, 0.15) is 34.5 Å². The average molecular weight is 594 g/mol. The van der Waals surface area contributed by atoms with Gasteiger partial charge < -0.3 is 20.4 Å². The Labute approximate surface area is 252 Å². The molecule has 2 aromatic carbocycles. The van der Waals surface area contributed by atoms with E-state index in [0.717, 1.165) is 33.2 Å². The number of carbonyl (C=O) groups excluding carboxylic acids is 2. The quantitative estimate of drug-likeness (QED) is 0.213. The first kappa shape index (κ1) is 28.7. The van der Waals surface area contributed by atoms with Crippen molar-refractivity contribution in [3.8, 4) is 22.3 Å². The lowest BCUT2D eigenvalue weighted by atomic mass is 9.96. The molecule has 1 saturated heterocycles. The maximum Gasteiger partial charge on any atom is 0.253 e. The molecule has 1 fully saturated rings. The van der Waals surface area contributed by atoms with Crippen molar-refractivity contribution in [1.82, 2.24) is 20.2 Å².